The summed E-state index contributed by atoms with van der Waals surface area (Å²) in [6, 6.07) is 19.1. The molecule has 0 aliphatic heterocycles. The quantitative estimate of drug-likeness (QED) is 0.691. The summed E-state index contributed by atoms with van der Waals surface area (Å²) in [6.45, 7) is 6.64. The number of rotatable bonds is 2. The van der Waals surface area contributed by atoms with Gasteiger partial charge in [0.05, 0.1) is 18.2 Å². The molecule has 0 bridgehead atoms. The second-order valence-electron chi connectivity index (χ2n) is 6.69. The molecule has 0 saturated carbocycles. The molecular weight excluding hydrogens is 268 g/mol. The van der Waals surface area contributed by atoms with Crippen molar-refractivity contribution in [3.8, 4) is 17.3 Å². The Balaban J connectivity index is 2.13. The van der Waals surface area contributed by atoms with Crippen LogP contribution < -0.4 is 0 Å². The molecule has 2 heteroatoms. The topological polar surface area (TPSA) is 39.6 Å². The second-order valence-corrected chi connectivity index (χ2v) is 6.69. The monoisotopic (exact) mass is 288 g/mol. The highest BCUT2D eigenvalue weighted by molar-refractivity contribution is 5.91. The van der Waals surface area contributed by atoms with Gasteiger partial charge < -0.3 is 4.98 Å². The summed E-state index contributed by atoms with van der Waals surface area (Å²) in [4.78, 5) is 3.47. The van der Waals surface area contributed by atoms with Crippen LogP contribution in [0.1, 0.15) is 31.9 Å². The first kappa shape index (κ1) is 14.4. The van der Waals surface area contributed by atoms with Crippen molar-refractivity contribution in [3.63, 3.8) is 0 Å². The van der Waals surface area contributed by atoms with Gasteiger partial charge in [0.1, 0.15) is 0 Å². The van der Waals surface area contributed by atoms with E-state index >= 15 is 0 Å². The lowest BCUT2D eigenvalue weighted by molar-refractivity contribution is 0.590. The fourth-order valence-corrected chi connectivity index (χ4v) is 2.85. The maximum Gasteiger partial charge on any atom is 0.0670 e. The molecule has 0 aliphatic carbocycles. The van der Waals surface area contributed by atoms with Gasteiger partial charge in [-0.2, -0.15) is 5.26 Å². The zero-order valence-corrected chi connectivity index (χ0v) is 13.3. The summed E-state index contributed by atoms with van der Waals surface area (Å²) in [5.74, 6) is 0. The lowest BCUT2D eigenvalue weighted by Crippen LogP contribution is -2.10. The van der Waals surface area contributed by atoms with Crippen LogP contribution in [0, 0.1) is 11.3 Å². The van der Waals surface area contributed by atoms with E-state index in [0.717, 1.165) is 27.7 Å². The Labute approximate surface area is 131 Å². The lowest BCUT2D eigenvalue weighted by atomic mass is 9.86. The number of hydrogen-bond donors (Lipinski definition) is 1. The van der Waals surface area contributed by atoms with E-state index in [1.807, 2.05) is 12.1 Å². The number of hydrogen-bond acceptors (Lipinski definition) is 1. The van der Waals surface area contributed by atoms with Crippen molar-refractivity contribution in [1.29, 1.82) is 5.26 Å². The van der Waals surface area contributed by atoms with E-state index < -0.39 is 0 Å². The number of aromatic amines is 1. The van der Waals surface area contributed by atoms with E-state index in [1.165, 1.54) is 5.56 Å². The maximum atomic E-state index is 9.16. The highest BCUT2D eigenvalue weighted by Crippen LogP contribution is 2.32. The Morgan fingerprint density at radius 1 is 1.00 bits per heavy atom. The van der Waals surface area contributed by atoms with Crippen LogP contribution in [-0.4, -0.2) is 4.98 Å². The zero-order chi connectivity index (χ0) is 15.7. The van der Waals surface area contributed by atoms with Crippen LogP contribution in [0.4, 0.5) is 0 Å². The molecule has 1 N–H and O–H groups in total. The zero-order valence-electron chi connectivity index (χ0n) is 13.3. The standard InChI is InChI=1S/C20H20N2/c1-20(2,3)15-10-8-14(9-11-15)19-17(12-13-21)16-6-4-5-7-18(16)22-19/h4-11,22H,12H2,1-3H3. The number of nitrogens with zero attached hydrogens (tertiary/aromatic N) is 1. The van der Waals surface area contributed by atoms with Crippen LogP contribution >= 0.6 is 0 Å². The number of para-hydroxylation sites is 1. The SMILES string of the molecule is CC(C)(C)c1ccc(-c2[nH]c3ccccc3c2CC#N)cc1. The van der Waals surface area contributed by atoms with Gasteiger partial charge >= 0.3 is 0 Å². The number of nitrogens with one attached hydrogen (secondary N) is 1. The van der Waals surface area contributed by atoms with Gasteiger partial charge in [-0.05, 0) is 28.2 Å². The van der Waals surface area contributed by atoms with Gasteiger partial charge in [-0.1, -0.05) is 63.2 Å². The summed E-state index contributed by atoms with van der Waals surface area (Å²) >= 11 is 0. The van der Waals surface area contributed by atoms with E-state index in [0.29, 0.717) is 6.42 Å². The number of fused-ring (bicyclic) bond motifs is 1. The first-order valence-corrected chi connectivity index (χ1v) is 7.58. The fraction of sp³-hybridized carbons (Fsp3) is 0.250. The van der Waals surface area contributed by atoms with Crippen molar-refractivity contribution in [2.45, 2.75) is 32.6 Å². The van der Waals surface area contributed by atoms with Gasteiger partial charge in [0.15, 0.2) is 0 Å². The van der Waals surface area contributed by atoms with Gasteiger partial charge in [0, 0.05) is 10.9 Å². The predicted molar refractivity (Wildman–Crippen MR) is 91.8 cm³/mol. The molecule has 2 aromatic carbocycles. The third-order valence-electron chi connectivity index (χ3n) is 4.11. The van der Waals surface area contributed by atoms with Crippen molar-refractivity contribution in [2.75, 3.05) is 0 Å². The van der Waals surface area contributed by atoms with Gasteiger partial charge in [0.25, 0.3) is 0 Å². The van der Waals surface area contributed by atoms with Crippen molar-refractivity contribution in [3.05, 3.63) is 59.7 Å². The predicted octanol–water partition coefficient (Wildman–Crippen LogP) is 5.20. The Morgan fingerprint density at radius 2 is 1.68 bits per heavy atom. The number of benzene rings is 2. The number of H-pyrrole nitrogens is 1. The Hall–Kier alpha value is -2.53. The summed E-state index contributed by atoms with van der Waals surface area (Å²) in [6.07, 6.45) is 0.417. The van der Waals surface area contributed by atoms with E-state index in [1.54, 1.807) is 0 Å². The minimum atomic E-state index is 0.147. The molecule has 110 valence electrons. The highest BCUT2D eigenvalue weighted by atomic mass is 14.7. The molecule has 0 spiro atoms. The molecule has 22 heavy (non-hydrogen) atoms. The number of aromatic nitrogens is 1. The minimum Gasteiger partial charge on any atom is -0.354 e. The van der Waals surface area contributed by atoms with Gasteiger partial charge in [-0.15, -0.1) is 0 Å². The molecule has 0 saturated heterocycles. The smallest absolute Gasteiger partial charge is 0.0670 e. The van der Waals surface area contributed by atoms with E-state index in [4.69, 9.17) is 5.26 Å². The van der Waals surface area contributed by atoms with E-state index in [9.17, 15) is 0 Å². The first-order chi connectivity index (χ1) is 10.5. The minimum absolute atomic E-state index is 0.147. The molecule has 2 nitrogen and oxygen atoms in total. The van der Waals surface area contributed by atoms with Crippen molar-refractivity contribution >= 4 is 10.9 Å². The molecular formula is C20H20N2. The molecule has 0 unspecified atom stereocenters. The maximum absolute atomic E-state index is 9.16. The Bertz CT molecular complexity index is 840. The summed E-state index contributed by atoms with van der Waals surface area (Å²) in [5.41, 5.74) is 5.82. The molecule has 0 fully saturated rings. The van der Waals surface area contributed by atoms with Crippen LogP contribution in [0.2, 0.25) is 0 Å². The van der Waals surface area contributed by atoms with Crippen LogP contribution in [0.25, 0.3) is 22.2 Å². The van der Waals surface area contributed by atoms with Gasteiger partial charge in [0.2, 0.25) is 0 Å². The van der Waals surface area contributed by atoms with Crippen LogP contribution in [0.15, 0.2) is 48.5 Å². The van der Waals surface area contributed by atoms with Crippen LogP contribution in [0.3, 0.4) is 0 Å². The normalized spacial score (nSPS) is 11.5. The van der Waals surface area contributed by atoms with E-state index in [2.05, 4.69) is 68.2 Å². The largest absolute Gasteiger partial charge is 0.354 e. The average molecular weight is 288 g/mol. The molecule has 0 atom stereocenters. The van der Waals surface area contributed by atoms with Gasteiger partial charge in [-0.25, -0.2) is 0 Å². The van der Waals surface area contributed by atoms with Crippen molar-refractivity contribution in [1.82, 2.24) is 4.98 Å². The van der Waals surface area contributed by atoms with E-state index in [-0.39, 0.29) is 5.41 Å². The molecule has 1 aromatic heterocycles. The summed E-state index contributed by atoms with van der Waals surface area (Å²) in [7, 11) is 0. The van der Waals surface area contributed by atoms with Crippen molar-refractivity contribution < 1.29 is 0 Å². The molecule has 3 rings (SSSR count). The third-order valence-corrected chi connectivity index (χ3v) is 4.11. The van der Waals surface area contributed by atoms with Crippen LogP contribution in [-0.2, 0) is 11.8 Å². The molecule has 0 aliphatic rings. The second kappa shape index (κ2) is 5.35. The highest BCUT2D eigenvalue weighted by Gasteiger charge is 2.15. The third kappa shape index (κ3) is 2.51. The summed E-state index contributed by atoms with van der Waals surface area (Å²) in [5, 5.41) is 10.3. The lowest BCUT2D eigenvalue weighted by Gasteiger charge is -2.19. The summed E-state index contributed by atoms with van der Waals surface area (Å²) < 4.78 is 0. The molecule has 0 amide bonds. The number of nitriles is 1. The molecule has 0 radical (unpaired) electrons. The average Bonchev–Trinajstić information content (AvgIpc) is 2.86. The van der Waals surface area contributed by atoms with Crippen LogP contribution in [0.5, 0.6) is 0 Å². The Morgan fingerprint density at radius 3 is 2.32 bits per heavy atom. The molecule has 1 heterocycles. The van der Waals surface area contributed by atoms with Crippen molar-refractivity contribution in [2.24, 2.45) is 0 Å². The molecule has 3 aromatic rings. The Kier molecular flexibility index (Phi) is 3.50. The first-order valence-electron chi connectivity index (χ1n) is 7.58. The fourth-order valence-electron chi connectivity index (χ4n) is 2.85. The van der Waals surface area contributed by atoms with Gasteiger partial charge in [-0.3, -0.25) is 0 Å².